The molecule has 0 unspecified atom stereocenters. The highest BCUT2D eigenvalue weighted by Gasteiger charge is 2.24. The molecular weight excluding hydrogens is 428 g/mol. The molecule has 0 aliphatic heterocycles. The topological polar surface area (TPSA) is 117 Å². The van der Waals surface area contributed by atoms with Crippen LogP contribution in [0, 0.1) is 10.1 Å². The summed E-state index contributed by atoms with van der Waals surface area (Å²) in [6.07, 6.45) is 3.77. The number of hydrogen-bond donors (Lipinski definition) is 1. The van der Waals surface area contributed by atoms with Crippen LogP contribution < -0.4 is 19.5 Å². The Hall–Kier alpha value is -4.60. The molecule has 0 aliphatic carbocycles. The number of benzene rings is 2. The molecule has 4 rings (SSSR count). The Balaban J connectivity index is 1.51. The van der Waals surface area contributed by atoms with Crippen LogP contribution in [0.15, 0.2) is 67.0 Å². The molecule has 2 heterocycles. The maximum absolute atomic E-state index is 12.8. The van der Waals surface area contributed by atoms with Gasteiger partial charge < -0.3 is 23.9 Å². The van der Waals surface area contributed by atoms with Crippen molar-refractivity contribution in [2.24, 2.45) is 0 Å². The van der Waals surface area contributed by atoms with E-state index in [2.05, 4.69) is 10.3 Å². The van der Waals surface area contributed by atoms with Crippen LogP contribution in [0.2, 0.25) is 0 Å². The highest BCUT2D eigenvalue weighted by atomic mass is 16.6. The molecule has 0 bridgehead atoms. The molecule has 0 radical (unpaired) electrons. The molecule has 2 aromatic heterocycles. The van der Waals surface area contributed by atoms with E-state index in [0.717, 1.165) is 17.4 Å². The number of ether oxygens (including phenoxy) is 3. The van der Waals surface area contributed by atoms with E-state index in [1.165, 1.54) is 20.3 Å². The number of nitro groups is 1. The van der Waals surface area contributed by atoms with Crippen molar-refractivity contribution in [3.63, 3.8) is 0 Å². The number of nitro benzene ring substituents is 1. The van der Waals surface area contributed by atoms with Crippen molar-refractivity contribution in [3.05, 3.63) is 88.4 Å². The number of carbonyl (C=O) groups excluding carboxylic acids is 1. The summed E-state index contributed by atoms with van der Waals surface area (Å²) in [6, 6.07) is 14.9. The third-order valence-electron chi connectivity index (χ3n) is 4.84. The number of carbonyl (C=O) groups is 1. The smallest absolute Gasteiger partial charge is 0.286 e. The third kappa shape index (κ3) is 4.69. The van der Waals surface area contributed by atoms with Crippen LogP contribution >= 0.6 is 0 Å². The van der Waals surface area contributed by atoms with Gasteiger partial charge in [-0.3, -0.25) is 14.9 Å². The monoisotopic (exact) mass is 448 g/mol. The fourth-order valence-corrected chi connectivity index (χ4v) is 3.28. The highest BCUT2D eigenvalue weighted by Crippen LogP contribution is 2.35. The van der Waals surface area contributed by atoms with Gasteiger partial charge >= 0.3 is 0 Å². The zero-order valence-corrected chi connectivity index (χ0v) is 17.8. The second-order valence-electron chi connectivity index (χ2n) is 6.95. The number of rotatable bonds is 8. The van der Waals surface area contributed by atoms with E-state index in [0.29, 0.717) is 11.4 Å². The van der Waals surface area contributed by atoms with Gasteiger partial charge in [-0.25, -0.2) is 4.98 Å². The number of aromatic nitrogens is 2. The van der Waals surface area contributed by atoms with Gasteiger partial charge in [-0.05, 0) is 24.3 Å². The first-order valence-corrected chi connectivity index (χ1v) is 9.85. The molecule has 4 aromatic rings. The summed E-state index contributed by atoms with van der Waals surface area (Å²) in [6.45, 7) is 0.236. The number of nitrogens with zero attached hydrogens (tertiary/aromatic N) is 3. The molecular formula is C23H20N4O6. The molecule has 33 heavy (non-hydrogen) atoms. The van der Waals surface area contributed by atoms with E-state index in [4.69, 9.17) is 14.2 Å². The lowest BCUT2D eigenvalue weighted by atomic mass is 10.1. The Morgan fingerprint density at radius 3 is 2.61 bits per heavy atom. The first-order chi connectivity index (χ1) is 16.0. The molecule has 1 N–H and O–H groups in total. The van der Waals surface area contributed by atoms with Crippen molar-refractivity contribution in [2.75, 3.05) is 19.5 Å². The van der Waals surface area contributed by atoms with Crippen LogP contribution in [-0.4, -0.2) is 34.4 Å². The quantitative estimate of drug-likeness (QED) is 0.319. The minimum atomic E-state index is -0.667. The van der Waals surface area contributed by atoms with E-state index < -0.39 is 16.5 Å². The fourth-order valence-electron chi connectivity index (χ4n) is 3.28. The molecule has 2 aromatic carbocycles. The number of imidazole rings is 1. The van der Waals surface area contributed by atoms with Crippen LogP contribution in [0.3, 0.4) is 0 Å². The maximum Gasteiger partial charge on any atom is 0.286 e. The van der Waals surface area contributed by atoms with Gasteiger partial charge in [-0.15, -0.1) is 0 Å². The Morgan fingerprint density at radius 1 is 1.09 bits per heavy atom. The number of methoxy groups -OCH3 is 2. The van der Waals surface area contributed by atoms with Crippen LogP contribution in [0.25, 0.3) is 5.65 Å². The second-order valence-corrected chi connectivity index (χ2v) is 6.95. The number of anilines is 1. The summed E-state index contributed by atoms with van der Waals surface area (Å²) in [5.74, 6) is 0.202. The Kier molecular flexibility index (Phi) is 6.07. The molecule has 0 atom stereocenters. The zero-order valence-electron chi connectivity index (χ0n) is 17.8. The van der Waals surface area contributed by atoms with Gasteiger partial charge in [0, 0.05) is 30.2 Å². The van der Waals surface area contributed by atoms with Crippen molar-refractivity contribution < 1.29 is 23.9 Å². The predicted octanol–water partition coefficient (Wildman–Crippen LogP) is 4.09. The first-order valence-electron chi connectivity index (χ1n) is 9.85. The van der Waals surface area contributed by atoms with Gasteiger partial charge in [-0.2, -0.15) is 0 Å². The van der Waals surface area contributed by atoms with Gasteiger partial charge in [0.1, 0.15) is 23.6 Å². The van der Waals surface area contributed by atoms with E-state index in [-0.39, 0.29) is 23.7 Å². The summed E-state index contributed by atoms with van der Waals surface area (Å²) in [5, 5.41) is 14.1. The Morgan fingerprint density at radius 2 is 1.88 bits per heavy atom. The lowest BCUT2D eigenvalue weighted by Gasteiger charge is -2.11. The minimum Gasteiger partial charge on any atom is -0.493 e. The van der Waals surface area contributed by atoms with Crippen LogP contribution in [-0.2, 0) is 6.61 Å². The fraction of sp³-hybridized carbons (Fsp3) is 0.130. The van der Waals surface area contributed by atoms with Gasteiger partial charge in [0.15, 0.2) is 11.5 Å². The lowest BCUT2D eigenvalue weighted by Crippen LogP contribution is -2.14. The molecule has 10 heteroatoms. The van der Waals surface area contributed by atoms with E-state index in [1.54, 1.807) is 24.3 Å². The van der Waals surface area contributed by atoms with Crippen molar-refractivity contribution in [1.82, 2.24) is 9.38 Å². The molecule has 168 valence electrons. The van der Waals surface area contributed by atoms with Gasteiger partial charge in [0.05, 0.1) is 30.9 Å². The number of fused-ring (bicyclic) bond motifs is 1. The second kappa shape index (κ2) is 9.27. The van der Waals surface area contributed by atoms with Gasteiger partial charge in [-0.1, -0.05) is 12.1 Å². The average molecular weight is 448 g/mol. The zero-order chi connectivity index (χ0) is 23.4. The van der Waals surface area contributed by atoms with Gasteiger partial charge in [0.2, 0.25) is 0 Å². The molecule has 10 nitrogen and oxygen atoms in total. The summed E-state index contributed by atoms with van der Waals surface area (Å²) in [7, 11) is 2.74. The Labute approximate surface area is 188 Å². The van der Waals surface area contributed by atoms with Crippen LogP contribution in [0.5, 0.6) is 17.2 Å². The van der Waals surface area contributed by atoms with Crippen molar-refractivity contribution in [3.8, 4) is 17.2 Å². The van der Waals surface area contributed by atoms with Crippen molar-refractivity contribution in [2.45, 2.75) is 6.61 Å². The molecule has 0 saturated carbocycles. The standard InChI is InChI=1S/C23H20N4O6/c1-31-20-11-18(19(27(29)30)12-21(20)32-2)23(28)25-15-6-5-7-17(10-15)33-14-16-13-26-9-4-3-8-22(26)24-16/h3-13H,14H2,1-2H3,(H,25,28). The maximum atomic E-state index is 12.8. The highest BCUT2D eigenvalue weighted by molar-refractivity contribution is 6.07. The number of amides is 1. The summed E-state index contributed by atoms with van der Waals surface area (Å²) >= 11 is 0. The SMILES string of the molecule is COc1cc(C(=O)Nc2cccc(OCc3cn4ccccc4n3)c2)c([N+](=O)[O-])cc1OC. The first kappa shape index (κ1) is 21.6. The van der Waals surface area contributed by atoms with E-state index in [9.17, 15) is 14.9 Å². The normalized spacial score (nSPS) is 10.6. The number of pyridine rings is 1. The van der Waals surface area contributed by atoms with E-state index >= 15 is 0 Å². The minimum absolute atomic E-state index is 0.156. The van der Waals surface area contributed by atoms with Crippen molar-refractivity contribution in [1.29, 1.82) is 0 Å². The van der Waals surface area contributed by atoms with Gasteiger partial charge in [0.25, 0.3) is 11.6 Å². The third-order valence-corrected chi connectivity index (χ3v) is 4.84. The molecule has 1 amide bonds. The Bertz CT molecular complexity index is 1300. The summed E-state index contributed by atoms with van der Waals surface area (Å²) in [5.41, 5.74) is 1.42. The average Bonchev–Trinajstić information content (AvgIpc) is 3.25. The van der Waals surface area contributed by atoms with E-state index in [1.807, 2.05) is 35.0 Å². The molecule has 0 aliphatic rings. The lowest BCUT2D eigenvalue weighted by molar-refractivity contribution is -0.385. The number of nitrogens with one attached hydrogen (secondary N) is 1. The van der Waals surface area contributed by atoms with Crippen molar-refractivity contribution >= 4 is 22.9 Å². The summed E-state index contributed by atoms with van der Waals surface area (Å²) < 4.78 is 18.0. The predicted molar refractivity (Wildman–Crippen MR) is 120 cm³/mol. The van der Waals surface area contributed by atoms with Crippen LogP contribution in [0.4, 0.5) is 11.4 Å². The largest absolute Gasteiger partial charge is 0.493 e. The van der Waals surface area contributed by atoms with Crippen LogP contribution in [0.1, 0.15) is 16.1 Å². The molecule has 0 spiro atoms. The summed E-state index contributed by atoms with van der Waals surface area (Å²) in [4.78, 5) is 28.1. The number of hydrogen-bond acceptors (Lipinski definition) is 7. The molecule has 0 saturated heterocycles. The molecule has 0 fully saturated rings.